The summed E-state index contributed by atoms with van der Waals surface area (Å²) < 4.78 is 5.14. The Morgan fingerprint density at radius 3 is 2.17 bits per heavy atom. The molecule has 0 aromatic heterocycles. The molecule has 156 valence electrons. The average molecular weight is 399 g/mol. The Balaban J connectivity index is 1.13. The number of rotatable bonds is 8. The van der Waals surface area contributed by atoms with Gasteiger partial charge in [-0.2, -0.15) is 0 Å². The van der Waals surface area contributed by atoms with E-state index >= 15 is 0 Å². The molecule has 0 atom stereocenters. The highest BCUT2D eigenvalue weighted by Gasteiger charge is 2.54. The minimum absolute atomic E-state index is 0.131. The summed E-state index contributed by atoms with van der Waals surface area (Å²) in [6.07, 6.45) is 7.13. The largest absolute Gasteiger partial charge is 0.460 e. The predicted octanol–water partition coefficient (Wildman–Crippen LogP) is 2.57. The monoisotopic (exact) mass is 398 g/mol. The second kappa shape index (κ2) is 8.56. The molecule has 5 rings (SSSR count). The second-order valence-electron chi connectivity index (χ2n) is 9.13. The minimum atomic E-state index is -0.472. The van der Waals surface area contributed by atoms with Gasteiger partial charge in [0.15, 0.2) is 0 Å². The van der Waals surface area contributed by atoms with E-state index < -0.39 is 5.97 Å². The first-order valence-corrected chi connectivity index (χ1v) is 10.8. The molecule has 4 aliphatic rings. The lowest BCUT2D eigenvalue weighted by Crippen LogP contribution is -2.53. The van der Waals surface area contributed by atoms with Crippen molar-refractivity contribution >= 4 is 17.8 Å². The van der Waals surface area contributed by atoms with Crippen LogP contribution in [-0.2, 0) is 25.7 Å². The Morgan fingerprint density at radius 1 is 0.931 bits per heavy atom. The Kier molecular flexibility index (Phi) is 5.88. The van der Waals surface area contributed by atoms with Crippen molar-refractivity contribution in [2.24, 2.45) is 23.2 Å². The van der Waals surface area contributed by atoms with Gasteiger partial charge in [-0.1, -0.05) is 30.3 Å². The van der Waals surface area contributed by atoms with E-state index in [1.165, 1.54) is 19.3 Å². The SMILES string of the molecule is O=C(CCNC(=O)C12CC3CC(CC(C3)C1)C2)NCC(=O)OCc1ccccc1. The Morgan fingerprint density at radius 2 is 1.55 bits per heavy atom. The van der Waals surface area contributed by atoms with Gasteiger partial charge in [0, 0.05) is 18.4 Å². The Bertz CT molecular complexity index is 726. The first-order chi connectivity index (χ1) is 14.0. The van der Waals surface area contributed by atoms with Gasteiger partial charge in [0.2, 0.25) is 11.8 Å². The number of esters is 1. The fraction of sp³-hybridized carbons (Fsp3) is 0.609. The molecule has 0 unspecified atom stereocenters. The molecule has 1 aromatic carbocycles. The van der Waals surface area contributed by atoms with Crippen LogP contribution in [0.25, 0.3) is 0 Å². The van der Waals surface area contributed by atoms with Gasteiger partial charge < -0.3 is 15.4 Å². The van der Waals surface area contributed by atoms with Gasteiger partial charge >= 0.3 is 5.97 Å². The van der Waals surface area contributed by atoms with Crippen LogP contribution in [0.1, 0.15) is 50.5 Å². The van der Waals surface area contributed by atoms with Gasteiger partial charge in [0.05, 0.1) is 0 Å². The average Bonchev–Trinajstić information content (AvgIpc) is 2.70. The molecule has 2 N–H and O–H groups in total. The maximum absolute atomic E-state index is 12.8. The fourth-order valence-corrected chi connectivity index (χ4v) is 5.91. The molecule has 1 aromatic rings. The molecule has 29 heavy (non-hydrogen) atoms. The molecule has 6 heteroatoms. The maximum atomic E-state index is 12.8. The number of hydrogen-bond donors (Lipinski definition) is 2. The minimum Gasteiger partial charge on any atom is -0.460 e. The smallest absolute Gasteiger partial charge is 0.325 e. The van der Waals surface area contributed by atoms with E-state index in [0.29, 0.717) is 6.54 Å². The summed E-state index contributed by atoms with van der Waals surface area (Å²) in [7, 11) is 0. The van der Waals surface area contributed by atoms with Gasteiger partial charge in [0.1, 0.15) is 13.2 Å². The lowest BCUT2D eigenvalue weighted by atomic mass is 9.49. The van der Waals surface area contributed by atoms with Crippen LogP contribution < -0.4 is 10.6 Å². The summed E-state index contributed by atoms with van der Waals surface area (Å²) in [5, 5.41) is 5.55. The number of nitrogens with one attached hydrogen (secondary N) is 2. The molecular weight excluding hydrogens is 368 g/mol. The molecule has 0 radical (unpaired) electrons. The van der Waals surface area contributed by atoms with E-state index in [1.54, 1.807) is 0 Å². The highest BCUT2D eigenvalue weighted by atomic mass is 16.5. The first-order valence-electron chi connectivity index (χ1n) is 10.8. The van der Waals surface area contributed by atoms with Crippen molar-refractivity contribution in [3.63, 3.8) is 0 Å². The maximum Gasteiger partial charge on any atom is 0.325 e. The molecule has 0 saturated heterocycles. The van der Waals surface area contributed by atoms with Crippen LogP contribution in [0.3, 0.4) is 0 Å². The molecule has 4 aliphatic carbocycles. The molecule has 6 nitrogen and oxygen atoms in total. The Labute approximate surface area is 171 Å². The molecule has 0 heterocycles. The summed E-state index contributed by atoms with van der Waals surface area (Å²) in [6, 6.07) is 9.40. The quantitative estimate of drug-likeness (QED) is 0.659. The third-order valence-electron chi connectivity index (χ3n) is 6.83. The normalized spacial score (nSPS) is 29.3. The number of benzene rings is 1. The van der Waals surface area contributed by atoms with Crippen LogP contribution in [-0.4, -0.2) is 30.9 Å². The third-order valence-corrected chi connectivity index (χ3v) is 6.83. The van der Waals surface area contributed by atoms with Gasteiger partial charge in [-0.15, -0.1) is 0 Å². The van der Waals surface area contributed by atoms with Crippen LogP contribution in [0, 0.1) is 23.2 Å². The van der Waals surface area contributed by atoms with Crippen LogP contribution in [0.5, 0.6) is 0 Å². The molecule has 4 bridgehead atoms. The number of hydrogen-bond acceptors (Lipinski definition) is 4. The molecule has 4 fully saturated rings. The van der Waals surface area contributed by atoms with E-state index in [1.807, 2.05) is 30.3 Å². The lowest BCUT2D eigenvalue weighted by Gasteiger charge is -2.55. The summed E-state index contributed by atoms with van der Waals surface area (Å²) in [4.78, 5) is 36.6. The lowest BCUT2D eigenvalue weighted by molar-refractivity contribution is -0.147. The van der Waals surface area contributed by atoms with Crippen molar-refractivity contribution in [1.82, 2.24) is 10.6 Å². The molecule has 2 amide bonds. The van der Waals surface area contributed by atoms with Crippen LogP contribution in [0.15, 0.2) is 30.3 Å². The molecule has 4 saturated carbocycles. The highest BCUT2D eigenvalue weighted by molar-refractivity contribution is 5.85. The topological polar surface area (TPSA) is 84.5 Å². The van der Waals surface area contributed by atoms with E-state index in [4.69, 9.17) is 4.74 Å². The van der Waals surface area contributed by atoms with E-state index in [9.17, 15) is 14.4 Å². The van der Waals surface area contributed by atoms with Crippen LogP contribution in [0.4, 0.5) is 0 Å². The predicted molar refractivity (Wildman–Crippen MR) is 107 cm³/mol. The van der Waals surface area contributed by atoms with Gasteiger partial charge in [-0.25, -0.2) is 0 Å². The zero-order chi connectivity index (χ0) is 20.3. The highest BCUT2D eigenvalue weighted by Crippen LogP contribution is 2.60. The summed E-state index contributed by atoms with van der Waals surface area (Å²) in [5.74, 6) is 1.56. The van der Waals surface area contributed by atoms with Crippen LogP contribution in [0.2, 0.25) is 0 Å². The van der Waals surface area contributed by atoms with Crippen molar-refractivity contribution in [2.45, 2.75) is 51.6 Å². The number of amides is 2. The number of carbonyl (C=O) groups excluding carboxylic acids is 3. The zero-order valence-electron chi connectivity index (χ0n) is 16.8. The molecular formula is C23H30N2O4. The van der Waals surface area contributed by atoms with Gasteiger partial charge in [0.25, 0.3) is 0 Å². The van der Waals surface area contributed by atoms with E-state index in [-0.39, 0.29) is 36.8 Å². The summed E-state index contributed by atoms with van der Waals surface area (Å²) in [5.41, 5.74) is 0.714. The summed E-state index contributed by atoms with van der Waals surface area (Å²) >= 11 is 0. The van der Waals surface area contributed by atoms with Crippen molar-refractivity contribution in [2.75, 3.05) is 13.1 Å². The molecule has 0 spiro atoms. The number of ether oxygens (including phenoxy) is 1. The van der Waals surface area contributed by atoms with Crippen molar-refractivity contribution in [1.29, 1.82) is 0 Å². The second-order valence-corrected chi connectivity index (χ2v) is 9.13. The third kappa shape index (κ3) is 4.80. The van der Waals surface area contributed by atoms with E-state index in [2.05, 4.69) is 10.6 Å². The van der Waals surface area contributed by atoms with Gasteiger partial charge in [-0.3, -0.25) is 14.4 Å². The number of carbonyl (C=O) groups is 3. The fourth-order valence-electron chi connectivity index (χ4n) is 5.91. The summed E-state index contributed by atoms with van der Waals surface area (Å²) in [6.45, 7) is 0.344. The Hall–Kier alpha value is -2.37. The van der Waals surface area contributed by atoms with Crippen molar-refractivity contribution in [3.05, 3.63) is 35.9 Å². The molecule has 0 aliphatic heterocycles. The standard InChI is InChI=1S/C23H30N2O4/c26-20(25-14-21(27)29-15-16-4-2-1-3-5-16)6-7-24-22(28)23-11-17-8-18(12-23)10-19(9-17)13-23/h1-5,17-19H,6-15H2,(H,24,28)(H,25,26). The zero-order valence-corrected chi connectivity index (χ0v) is 16.8. The first kappa shape index (κ1) is 19.9. The van der Waals surface area contributed by atoms with Crippen LogP contribution >= 0.6 is 0 Å². The van der Waals surface area contributed by atoms with Crippen molar-refractivity contribution in [3.8, 4) is 0 Å². The van der Waals surface area contributed by atoms with Gasteiger partial charge in [-0.05, 0) is 61.8 Å². The van der Waals surface area contributed by atoms with Crippen molar-refractivity contribution < 1.29 is 19.1 Å². The van der Waals surface area contributed by atoms with E-state index in [0.717, 1.165) is 42.6 Å².